The van der Waals surface area contributed by atoms with Crippen molar-refractivity contribution in [3.63, 3.8) is 0 Å². The van der Waals surface area contributed by atoms with Crippen LogP contribution < -0.4 is 14.8 Å². The zero-order valence-electron chi connectivity index (χ0n) is 14.8. The van der Waals surface area contributed by atoms with Crippen LogP contribution in [0.3, 0.4) is 0 Å². The number of anilines is 1. The highest BCUT2D eigenvalue weighted by Gasteiger charge is 2.14. The van der Waals surface area contributed by atoms with Crippen molar-refractivity contribution in [2.24, 2.45) is 0 Å². The molecule has 5 heteroatoms. The van der Waals surface area contributed by atoms with Gasteiger partial charge in [-0.25, -0.2) is 4.79 Å². The molecule has 0 aromatic heterocycles. The Balaban J connectivity index is 1.68. The van der Waals surface area contributed by atoms with Gasteiger partial charge in [0.2, 0.25) is 5.91 Å². The molecule has 0 spiro atoms. The van der Waals surface area contributed by atoms with E-state index >= 15 is 0 Å². The van der Waals surface area contributed by atoms with Gasteiger partial charge < -0.3 is 14.8 Å². The summed E-state index contributed by atoms with van der Waals surface area (Å²) in [6.45, 7) is 1.69. The topological polar surface area (TPSA) is 64.6 Å². The van der Waals surface area contributed by atoms with Crippen LogP contribution in [0.25, 0.3) is 0 Å². The van der Waals surface area contributed by atoms with E-state index in [2.05, 4.69) is 5.32 Å². The van der Waals surface area contributed by atoms with E-state index in [4.69, 9.17) is 9.47 Å². The van der Waals surface area contributed by atoms with Crippen molar-refractivity contribution in [2.75, 3.05) is 5.32 Å². The maximum atomic E-state index is 12.6. The van der Waals surface area contributed by atoms with Crippen molar-refractivity contribution in [1.82, 2.24) is 0 Å². The molecular formula is C22H19NO4. The molecule has 3 aromatic rings. The van der Waals surface area contributed by atoms with Gasteiger partial charge in [0.15, 0.2) is 0 Å². The molecule has 27 heavy (non-hydrogen) atoms. The van der Waals surface area contributed by atoms with Crippen LogP contribution in [0.15, 0.2) is 78.9 Å². The smallest absolute Gasteiger partial charge is 0.343 e. The molecule has 0 atom stereocenters. The average Bonchev–Trinajstić information content (AvgIpc) is 2.68. The van der Waals surface area contributed by atoms with Crippen molar-refractivity contribution in [3.8, 4) is 11.5 Å². The fraction of sp³-hybridized carbons (Fsp3) is 0.0909. The summed E-state index contributed by atoms with van der Waals surface area (Å²) in [6.07, 6.45) is 0. The summed E-state index contributed by atoms with van der Waals surface area (Å²) >= 11 is 0. The largest absolute Gasteiger partial charge is 0.489 e. The zero-order valence-corrected chi connectivity index (χ0v) is 14.8. The quantitative estimate of drug-likeness (QED) is 0.521. The summed E-state index contributed by atoms with van der Waals surface area (Å²) in [6, 6.07) is 23.2. The summed E-state index contributed by atoms with van der Waals surface area (Å²) in [4.78, 5) is 23.6. The molecule has 0 fully saturated rings. The maximum absolute atomic E-state index is 12.6. The third-order valence-electron chi connectivity index (χ3n) is 3.76. The van der Waals surface area contributed by atoms with Crippen LogP contribution in [0.4, 0.5) is 5.69 Å². The molecule has 0 radical (unpaired) electrons. The van der Waals surface area contributed by atoms with E-state index in [1.54, 1.807) is 36.4 Å². The van der Waals surface area contributed by atoms with Gasteiger partial charge in [0, 0.05) is 18.2 Å². The van der Waals surface area contributed by atoms with Crippen molar-refractivity contribution in [3.05, 3.63) is 90.0 Å². The minimum atomic E-state index is -0.463. The third kappa shape index (κ3) is 5.19. The minimum Gasteiger partial charge on any atom is -0.489 e. The molecule has 0 bridgehead atoms. The van der Waals surface area contributed by atoms with Crippen LogP contribution >= 0.6 is 0 Å². The SMILES string of the molecule is CC(=O)Nc1ccc(OC(=O)c2ccccc2COc2ccccc2)cc1. The number of carbonyl (C=O) groups excluding carboxylic acids is 2. The molecule has 1 N–H and O–H groups in total. The van der Waals surface area contributed by atoms with Gasteiger partial charge in [-0.05, 0) is 42.5 Å². The lowest BCUT2D eigenvalue weighted by molar-refractivity contribution is -0.114. The second kappa shape index (κ2) is 8.67. The monoisotopic (exact) mass is 361 g/mol. The summed E-state index contributed by atoms with van der Waals surface area (Å²) in [7, 11) is 0. The molecule has 0 heterocycles. The summed E-state index contributed by atoms with van der Waals surface area (Å²) < 4.78 is 11.2. The number of amides is 1. The standard InChI is InChI=1S/C22H19NO4/c1-16(24)23-18-11-13-20(14-12-18)27-22(25)21-10-6-5-7-17(21)15-26-19-8-3-2-4-9-19/h2-14H,15H2,1H3,(H,23,24). The first-order valence-electron chi connectivity index (χ1n) is 8.47. The fourth-order valence-electron chi connectivity index (χ4n) is 2.49. The van der Waals surface area contributed by atoms with Gasteiger partial charge >= 0.3 is 5.97 Å². The average molecular weight is 361 g/mol. The first kappa shape index (κ1) is 18.2. The van der Waals surface area contributed by atoms with E-state index in [9.17, 15) is 9.59 Å². The molecule has 3 aromatic carbocycles. The van der Waals surface area contributed by atoms with Gasteiger partial charge in [-0.3, -0.25) is 4.79 Å². The van der Waals surface area contributed by atoms with E-state index in [0.29, 0.717) is 17.0 Å². The van der Waals surface area contributed by atoms with Crippen molar-refractivity contribution in [1.29, 1.82) is 0 Å². The number of hydrogen-bond acceptors (Lipinski definition) is 4. The fourth-order valence-corrected chi connectivity index (χ4v) is 2.49. The Hall–Kier alpha value is -3.60. The number of hydrogen-bond donors (Lipinski definition) is 1. The molecule has 0 aliphatic rings. The third-order valence-corrected chi connectivity index (χ3v) is 3.76. The van der Waals surface area contributed by atoms with Crippen LogP contribution in [0.1, 0.15) is 22.8 Å². The highest BCUT2D eigenvalue weighted by molar-refractivity contribution is 5.93. The lowest BCUT2D eigenvalue weighted by Crippen LogP contribution is -2.12. The number of esters is 1. The van der Waals surface area contributed by atoms with Gasteiger partial charge in [-0.15, -0.1) is 0 Å². The molecule has 5 nitrogen and oxygen atoms in total. The van der Waals surface area contributed by atoms with Crippen LogP contribution in [0.2, 0.25) is 0 Å². The van der Waals surface area contributed by atoms with Crippen molar-refractivity contribution in [2.45, 2.75) is 13.5 Å². The maximum Gasteiger partial charge on any atom is 0.343 e. The van der Waals surface area contributed by atoms with E-state index in [1.165, 1.54) is 6.92 Å². The Bertz CT molecular complexity index is 921. The molecule has 3 rings (SSSR count). The van der Waals surface area contributed by atoms with Gasteiger partial charge in [-0.2, -0.15) is 0 Å². The summed E-state index contributed by atoms with van der Waals surface area (Å²) in [5.74, 6) is 0.503. The molecule has 0 aliphatic carbocycles. The van der Waals surface area contributed by atoms with Gasteiger partial charge in [-0.1, -0.05) is 36.4 Å². The summed E-state index contributed by atoms with van der Waals surface area (Å²) in [5, 5.41) is 2.66. The molecule has 136 valence electrons. The minimum absolute atomic E-state index is 0.160. The van der Waals surface area contributed by atoms with Gasteiger partial charge in [0.25, 0.3) is 0 Å². The Labute approximate surface area is 157 Å². The van der Waals surface area contributed by atoms with Crippen molar-refractivity contribution >= 4 is 17.6 Å². The van der Waals surface area contributed by atoms with E-state index in [1.807, 2.05) is 42.5 Å². The van der Waals surface area contributed by atoms with E-state index in [-0.39, 0.29) is 12.5 Å². The van der Waals surface area contributed by atoms with E-state index < -0.39 is 5.97 Å². The van der Waals surface area contributed by atoms with Crippen LogP contribution in [-0.4, -0.2) is 11.9 Å². The number of para-hydroxylation sites is 1. The number of carbonyl (C=O) groups is 2. The Morgan fingerprint density at radius 2 is 1.48 bits per heavy atom. The predicted molar refractivity (Wildman–Crippen MR) is 103 cm³/mol. The zero-order chi connectivity index (χ0) is 19.1. The lowest BCUT2D eigenvalue weighted by Gasteiger charge is -2.11. The normalized spacial score (nSPS) is 10.1. The Kier molecular flexibility index (Phi) is 5.84. The second-order valence-electron chi connectivity index (χ2n) is 5.85. The van der Waals surface area contributed by atoms with Crippen LogP contribution in [0, 0.1) is 0 Å². The highest BCUT2D eigenvalue weighted by atomic mass is 16.5. The molecule has 1 amide bonds. The first-order chi connectivity index (χ1) is 13.1. The van der Waals surface area contributed by atoms with E-state index in [0.717, 1.165) is 11.3 Å². The number of rotatable bonds is 6. The highest BCUT2D eigenvalue weighted by Crippen LogP contribution is 2.19. The van der Waals surface area contributed by atoms with Crippen LogP contribution in [-0.2, 0) is 11.4 Å². The lowest BCUT2D eigenvalue weighted by atomic mass is 10.1. The molecular weight excluding hydrogens is 342 g/mol. The number of nitrogens with one attached hydrogen (secondary N) is 1. The molecule has 0 saturated carbocycles. The Morgan fingerprint density at radius 1 is 0.815 bits per heavy atom. The number of benzene rings is 3. The predicted octanol–water partition coefficient (Wildman–Crippen LogP) is 4.44. The van der Waals surface area contributed by atoms with Gasteiger partial charge in [0.05, 0.1) is 5.56 Å². The second-order valence-corrected chi connectivity index (χ2v) is 5.85. The molecule has 0 saturated heterocycles. The van der Waals surface area contributed by atoms with Crippen LogP contribution in [0.5, 0.6) is 11.5 Å². The van der Waals surface area contributed by atoms with Crippen molar-refractivity contribution < 1.29 is 19.1 Å². The molecule has 0 unspecified atom stereocenters. The van der Waals surface area contributed by atoms with Gasteiger partial charge in [0.1, 0.15) is 18.1 Å². The Morgan fingerprint density at radius 3 is 2.19 bits per heavy atom. The number of ether oxygens (including phenoxy) is 2. The summed E-state index contributed by atoms with van der Waals surface area (Å²) in [5.41, 5.74) is 1.82. The first-order valence-corrected chi connectivity index (χ1v) is 8.47. The molecule has 0 aliphatic heterocycles.